The van der Waals surface area contributed by atoms with E-state index in [-0.39, 0.29) is 51.7 Å². The normalized spacial score (nSPS) is 19.9. The van der Waals surface area contributed by atoms with Crippen LogP contribution in [-0.2, 0) is 27.5 Å². The van der Waals surface area contributed by atoms with Crippen molar-refractivity contribution in [1.82, 2.24) is 14.2 Å². The highest BCUT2D eigenvalue weighted by Crippen LogP contribution is 2.31. The molecular weight excluding hydrogens is 473 g/mol. The predicted octanol–water partition coefficient (Wildman–Crippen LogP) is 2.96. The van der Waals surface area contributed by atoms with Crippen LogP contribution in [0, 0.1) is 0 Å². The van der Waals surface area contributed by atoms with E-state index in [1.807, 2.05) is 30.3 Å². The molecule has 2 aromatic rings. The van der Waals surface area contributed by atoms with Gasteiger partial charge < -0.3 is 14.5 Å². The fourth-order valence-electron chi connectivity index (χ4n) is 4.10. The van der Waals surface area contributed by atoms with Crippen LogP contribution in [0.15, 0.2) is 48.7 Å². The SMILES string of the molecule is O=C(OCc1ccccc1)N1CCC(S(=O)(=O)N2CCN(c3cc(C(F)(F)F)ccn3)CC2)C1. The van der Waals surface area contributed by atoms with Crippen molar-refractivity contribution in [2.45, 2.75) is 24.5 Å². The molecule has 1 aromatic heterocycles. The quantitative estimate of drug-likeness (QED) is 0.631. The number of carbonyl (C=O) groups excluding carboxylic acids is 1. The number of likely N-dealkylation sites (tertiary alicyclic amines) is 1. The van der Waals surface area contributed by atoms with Crippen LogP contribution in [0.3, 0.4) is 0 Å². The number of hydrogen-bond acceptors (Lipinski definition) is 6. The molecule has 0 aliphatic carbocycles. The number of ether oxygens (including phenoxy) is 1. The van der Waals surface area contributed by atoms with Crippen LogP contribution in [0.4, 0.5) is 23.8 Å². The number of anilines is 1. The molecule has 0 radical (unpaired) electrons. The first-order chi connectivity index (χ1) is 16.1. The number of hydrogen-bond donors (Lipinski definition) is 0. The number of benzene rings is 1. The third-order valence-corrected chi connectivity index (χ3v) is 8.34. The molecule has 184 valence electrons. The maximum absolute atomic E-state index is 13.1. The highest BCUT2D eigenvalue weighted by atomic mass is 32.2. The van der Waals surface area contributed by atoms with Crippen LogP contribution in [0.1, 0.15) is 17.5 Å². The van der Waals surface area contributed by atoms with Crippen LogP contribution < -0.4 is 4.90 Å². The lowest BCUT2D eigenvalue weighted by molar-refractivity contribution is -0.137. The second-order valence-corrected chi connectivity index (χ2v) is 10.4. The zero-order chi connectivity index (χ0) is 24.3. The summed E-state index contributed by atoms with van der Waals surface area (Å²) < 4.78 is 71.8. The molecule has 3 heterocycles. The number of pyridine rings is 1. The zero-order valence-corrected chi connectivity index (χ0v) is 19.1. The Bertz CT molecular complexity index is 1110. The van der Waals surface area contributed by atoms with Gasteiger partial charge in [0.05, 0.1) is 10.8 Å². The number of nitrogens with zero attached hydrogens (tertiary/aromatic N) is 4. The molecule has 0 bridgehead atoms. The van der Waals surface area contributed by atoms with Gasteiger partial charge in [0.1, 0.15) is 12.4 Å². The Morgan fingerprint density at radius 1 is 1.06 bits per heavy atom. The summed E-state index contributed by atoms with van der Waals surface area (Å²) in [6, 6.07) is 11.1. The molecule has 1 unspecified atom stereocenters. The molecule has 1 amide bonds. The lowest BCUT2D eigenvalue weighted by Gasteiger charge is -2.36. The minimum Gasteiger partial charge on any atom is -0.445 e. The van der Waals surface area contributed by atoms with E-state index in [4.69, 9.17) is 4.74 Å². The third kappa shape index (κ3) is 5.44. The molecule has 0 N–H and O–H groups in total. The fraction of sp³-hybridized carbons (Fsp3) is 0.455. The number of rotatable bonds is 5. The third-order valence-electron chi connectivity index (χ3n) is 6.02. The van der Waals surface area contributed by atoms with E-state index in [1.54, 1.807) is 4.90 Å². The first kappa shape index (κ1) is 24.3. The average Bonchev–Trinajstić information content (AvgIpc) is 3.34. The summed E-state index contributed by atoms with van der Waals surface area (Å²) in [6.07, 6.45) is -3.62. The van der Waals surface area contributed by atoms with Gasteiger partial charge >= 0.3 is 12.3 Å². The summed E-state index contributed by atoms with van der Waals surface area (Å²) in [6.45, 7) is 1.16. The van der Waals surface area contributed by atoms with E-state index in [2.05, 4.69) is 4.98 Å². The highest BCUT2D eigenvalue weighted by molar-refractivity contribution is 7.89. The minimum absolute atomic E-state index is 0.0470. The van der Waals surface area contributed by atoms with Gasteiger partial charge in [-0.2, -0.15) is 17.5 Å². The van der Waals surface area contributed by atoms with Crippen molar-refractivity contribution in [2.24, 2.45) is 0 Å². The number of sulfonamides is 1. The van der Waals surface area contributed by atoms with Crippen molar-refractivity contribution in [3.05, 3.63) is 59.8 Å². The second kappa shape index (κ2) is 9.79. The Morgan fingerprint density at radius 2 is 1.76 bits per heavy atom. The van der Waals surface area contributed by atoms with Gasteiger partial charge in [0.2, 0.25) is 10.0 Å². The molecule has 2 aliphatic rings. The molecule has 2 saturated heterocycles. The fourth-order valence-corrected chi connectivity index (χ4v) is 5.96. The van der Waals surface area contributed by atoms with Crippen LogP contribution in [-0.4, -0.2) is 73.2 Å². The zero-order valence-electron chi connectivity index (χ0n) is 18.3. The van der Waals surface area contributed by atoms with Crippen molar-refractivity contribution in [2.75, 3.05) is 44.2 Å². The molecule has 34 heavy (non-hydrogen) atoms. The first-order valence-electron chi connectivity index (χ1n) is 10.9. The number of alkyl halides is 3. The summed E-state index contributed by atoms with van der Waals surface area (Å²) in [5.74, 6) is 0.167. The van der Waals surface area contributed by atoms with Crippen LogP contribution in [0.2, 0.25) is 0 Å². The Balaban J connectivity index is 1.31. The van der Waals surface area contributed by atoms with Crippen molar-refractivity contribution in [1.29, 1.82) is 0 Å². The van der Waals surface area contributed by atoms with E-state index in [9.17, 15) is 26.4 Å². The first-order valence-corrected chi connectivity index (χ1v) is 12.4. The number of halogens is 3. The van der Waals surface area contributed by atoms with E-state index in [0.29, 0.717) is 6.42 Å². The van der Waals surface area contributed by atoms with Crippen molar-refractivity contribution in [3.63, 3.8) is 0 Å². The van der Waals surface area contributed by atoms with Gasteiger partial charge in [-0.25, -0.2) is 18.2 Å². The Morgan fingerprint density at radius 3 is 2.44 bits per heavy atom. The van der Waals surface area contributed by atoms with Gasteiger partial charge in [-0.05, 0) is 24.1 Å². The second-order valence-electron chi connectivity index (χ2n) is 8.23. The van der Waals surface area contributed by atoms with Crippen LogP contribution in [0.5, 0.6) is 0 Å². The van der Waals surface area contributed by atoms with Crippen molar-refractivity contribution in [3.8, 4) is 0 Å². The maximum Gasteiger partial charge on any atom is 0.416 e. The van der Waals surface area contributed by atoms with Crippen LogP contribution >= 0.6 is 0 Å². The van der Waals surface area contributed by atoms with Gasteiger partial charge in [0, 0.05) is 45.5 Å². The number of aromatic nitrogens is 1. The molecule has 2 fully saturated rings. The summed E-state index contributed by atoms with van der Waals surface area (Å²) in [7, 11) is -3.68. The number of piperazine rings is 1. The number of carbonyl (C=O) groups is 1. The largest absolute Gasteiger partial charge is 0.445 e. The molecule has 0 saturated carbocycles. The molecule has 12 heteroatoms. The van der Waals surface area contributed by atoms with Gasteiger partial charge in [-0.3, -0.25) is 0 Å². The smallest absolute Gasteiger partial charge is 0.416 e. The molecule has 8 nitrogen and oxygen atoms in total. The van der Waals surface area contributed by atoms with Gasteiger partial charge in [-0.1, -0.05) is 30.3 Å². The summed E-state index contributed by atoms with van der Waals surface area (Å²) in [5, 5.41) is -0.741. The highest BCUT2D eigenvalue weighted by Gasteiger charge is 2.40. The van der Waals surface area contributed by atoms with Crippen LogP contribution in [0.25, 0.3) is 0 Å². The van der Waals surface area contributed by atoms with Crippen molar-refractivity contribution >= 4 is 21.9 Å². The predicted molar refractivity (Wildman–Crippen MR) is 119 cm³/mol. The molecule has 2 aliphatic heterocycles. The van der Waals surface area contributed by atoms with E-state index in [1.165, 1.54) is 9.21 Å². The monoisotopic (exact) mass is 498 g/mol. The van der Waals surface area contributed by atoms with Gasteiger partial charge in [-0.15, -0.1) is 0 Å². The molecule has 1 aromatic carbocycles. The molecule has 0 spiro atoms. The van der Waals surface area contributed by atoms with Gasteiger partial charge in [0.15, 0.2) is 0 Å². The molecule has 4 rings (SSSR count). The Hall–Kier alpha value is -2.86. The van der Waals surface area contributed by atoms with E-state index < -0.39 is 33.1 Å². The molecule has 1 atom stereocenters. The van der Waals surface area contributed by atoms with E-state index in [0.717, 1.165) is 23.9 Å². The standard InChI is InChI=1S/C22H25F3N4O4S/c23-22(24,25)18-6-8-26-20(14-18)27-10-12-29(13-11-27)34(31,32)19-7-9-28(15-19)21(30)33-16-17-4-2-1-3-5-17/h1-6,8,14,19H,7,9-13,15-16H2. The average molecular weight is 499 g/mol. The Kier molecular flexibility index (Phi) is 6.99. The summed E-state index contributed by atoms with van der Waals surface area (Å²) in [4.78, 5) is 19.4. The maximum atomic E-state index is 13.1. The minimum atomic E-state index is -4.47. The summed E-state index contributed by atoms with van der Waals surface area (Å²) in [5.41, 5.74) is 0.0464. The van der Waals surface area contributed by atoms with Gasteiger partial charge in [0.25, 0.3) is 0 Å². The number of amides is 1. The summed E-state index contributed by atoms with van der Waals surface area (Å²) >= 11 is 0. The Labute approximate surface area is 196 Å². The topological polar surface area (TPSA) is 83.0 Å². The van der Waals surface area contributed by atoms with E-state index >= 15 is 0 Å². The lowest BCUT2D eigenvalue weighted by Crippen LogP contribution is -2.51. The molecular formula is C22H25F3N4O4S. The van der Waals surface area contributed by atoms with Crippen molar-refractivity contribution < 1.29 is 31.1 Å². The lowest BCUT2D eigenvalue weighted by atomic mass is 10.2.